The fraction of sp³-hybridized carbons (Fsp3) is 0.0741. The average molecular weight is 468 g/mol. The molecular formula is C27H22BrN3. The number of hydrogen-bond acceptors (Lipinski definition) is 3. The molecule has 0 bridgehead atoms. The van der Waals surface area contributed by atoms with E-state index in [0.717, 1.165) is 21.4 Å². The number of nitrogens with one attached hydrogen (secondary N) is 2. The first-order valence-corrected chi connectivity index (χ1v) is 11.1. The van der Waals surface area contributed by atoms with Gasteiger partial charge in [-0.2, -0.15) is 0 Å². The van der Waals surface area contributed by atoms with Crippen LogP contribution in [0.15, 0.2) is 119 Å². The Hall–Kier alpha value is -3.21. The maximum atomic E-state index is 5.03. The second kappa shape index (κ2) is 8.88. The number of amidine groups is 1. The zero-order chi connectivity index (χ0) is 21.0. The highest BCUT2D eigenvalue weighted by Crippen LogP contribution is 2.29. The topological polar surface area (TPSA) is 36.4 Å². The SMILES string of the molecule is Brc1ccc(-c2cccc(C3N=C(c4ccccc4)NC(c4ccccc4)N3)c2)cc1. The molecule has 2 N–H and O–H groups in total. The van der Waals surface area contributed by atoms with Gasteiger partial charge in [-0.1, -0.05) is 107 Å². The van der Waals surface area contributed by atoms with Crippen LogP contribution in [-0.2, 0) is 0 Å². The van der Waals surface area contributed by atoms with Crippen LogP contribution < -0.4 is 10.6 Å². The van der Waals surface area contributed by atoms with E-state index in [0.29, 0.717) is 0 Å². The van der Waals surface area contributed by atoms with Crippen molar-refractivity contribution in [2.45, 2.75) is 12.3 Å². The van der Waals surface area contributed by atoms with Gasteiger partial charge in [0.2, 0.25) is 0 Å². The third-order valence-electron chi connectivity index (χ3n) is 5.42. The van der Waals surface area contributed by atoms with E-state index >= 15 is 0 Å². The van der Waals surface area contributed by atoms with Gasteiger partial charge in [0.05, 0.1) is 0 Å². The highest BCUT2D eigenvalue weighted by Gasteiger charge is 2.25. The van der Waals surface area contributed by atoms with Crippen molar-refractivity contribution in [2.75, 3.05) is 0 Å². The summed E-state index contributed by atoms with van der Waals surface area (Å²) in [7, 11) is 0. The third kappa shape index (κ3) is 4.46. The lowest BCUT2D eigenvalue weighted by Gasteiger charge is -2.32. The van der Waals surface area contributed by atoms with Crippen molar-refractivity contribution in [3.8, 4) is 11.1 Å². The number of halogens is 1. The van der Waals surface area contributed by atoms with Crippen molar-refractivity contribution >= 4 is 21.8 Å². The van der Waals surface area contributed by atoms with Crippen LogP contribution in [-0.4, -0.2) is 5.84 Å². The average Bonchev–Trinajstić information content (AvgIpc) is 2.85. The van der Waals surface area contributed by atoms with Crippen LogP contribution in [0.1, 0.15) is 29.0 Å². The van der Waals surface area contributed by atoms with E-state index in [1.165, 1.54) is 16.7 Å². The van der Waals surface area contributed by atoms with Crippen LogP contribution in [0.5, 0.6) is 0 Å². The van der Waals surface area contributed by atoms with Gasteiger partial charge in [0, 0.05) is 10.0 Å². The Morgan fingerprint density at radius 3 is 2.00 bits per heavy atom. The fourth-order valence-corrected chi connectivity index (χ4v) is 4.08. The summed E-state index contributed by atoms with van der Waals surface area (Å²) in [5.74, 6) is 0.896. The molecule has 0 fully saturated rings. The molecule has 31 heavy (non-hydrogen) atoms. The molecule has 5 rings (SSSR count). The molecule has 2 unspecified atom stereocenters. The first kappa shape index (κ1) is 19.7. The summed E-state index contributed by atoms with van der Waals surface area (Å²) in [6.07, 6.45) is -0.188. The summed E-state index contributed by atoms with van der Waals surface area (Å²) in [5, 5.41) is 7.24. The zero-order valence-corrected chi connectivity index (χ0v) is 18.5. The molecule has 4 aromatic rings. The summed E-state index contributed by atoms with van der Waals surface area (Å²) < 4.78 is 1.08. The van der Waals surface area contributed by atoms with Gasteiger partial charge in [-0.05, 0) is 40.5 Å². The lowest BCUT2D eigenvalue weighted by atomic mass is 10.0. The van der Waals surface area contributed by atoms with Crippen LogP contribution in [0.2, 0.25) is 0 Å². The van der Waals surface area contributed by atoms with Crippen LogP contribution in [0.4, 0.5) is 0 Å². The first-order valence-electron chi connectivity index (χ1n) is 10.3. The molecule has 4 heteroatoms. The molecule has 152 valence electrons. The molecule has 1 heterocycles. The van der Waals surface area contributed by atoms with Gasteiger partial charge in [0.1, 0.15) is 18.2 Å². The first-order chi connectivity index (χ1) is 15.3. The van der Waals surface area contributed by atoms with E-state index in [2.05, 4.69) is 111 Å². The van der Waals surface area contributed by atoms with Crippen molar-refractivity contribution in [1.82, 2.24) is 10.6 Å². The molecule has 0 aliphatic carbocycles. The Morgan fingerprint density at radius 2 is 1.26 bits per heavy atom. The second-order valence-corrected chi connectivity index (χ2v) is 8.45. The van der Waals surface area contributed by atoms with E-state index in [9.17, 15) is 0 Å². The van der Waals surface area contributed by atoms with Gasteiger partial charge in [0.25, 0.3) is 0 Å². The van der Waals surface area contributed by atoms with Gasteiger partial charge < -0.3 is 5.32 Å². The highest BCUT2D eigenvalue weighted by atomic mass is 79.9. The Labute approximate surface area is 191 Å². The summed E-state index contributed by atoms with van der Waals surface area (Å²) >= 11 is 3.52. The molecule has 2 atom stereocenters. The van der Waals surface area contributed by atoms with Gasteiger partial charge in [0.15, 0.2) is 0 Å². The molecule has 0 amide bonds. The highest BCUT2D eigenvalue weighted by molar-refractivity contribution is 9.10. The molecule has 4 aromatic carbocycles. The molecule has 1 aliphatic heterocycles. The predicted molar refractivity (Wildman–Crippen MR) is 131 cm³/mol. The lowest BCUT2D eigenvalue weighted by Crippen LogP contribution is -2.44. The third-order valence-corrected chi connectivity index (χ3v) is 5.95. The molecule has 0 radical (unpaired) electrons. The largest absolute Gasteiger partial charge is 0.350 e. The Morgan fingerprint density at radius 1 is 0.613 bits per heavy atom. The van der Waals surface area contributed by atoms with Crippen LogP contribution in [0, 0.1) is 0 Å². The molecular weight excluding hydrogens is 446 g/mol. The minimum absolute atomic E-state index is 0.0322. The van der Waals surface area contributed by atoms with Gasteiger partial charge in [-0.3, -0.25) is 5.32 Å². The normalized spacial score (nSPS) is 18.2. The van der Waals surface area contributed by atoms with Crippen molar-refractivity contribution < 1.29 is 0 Å². The summed E-state index contributed by atoms with van der Waals surface area (Å²) in [4.78, 5) is 5.03. The van der Waals surface area contributed by atoms with Crippen molar-refractivity contribution in [3.63, 3.8) is 0 Å². The molecule has 0 saturated heterocycles. The van der Waals surface area contributed by atoms with E-state index in [-0.39, 0.29) is 12.3 Å². The maximum Gasteiger partial charge on any atom is 0.131 e. The molecule has 3 nitrogen and oxygen atoms in total. The van der Waals surface area contributed by atoms with E-state index in [4.69, 9.17) is 4.99 Å². The molecule has 1 aliphatic rings. The summed E-state index contributed by atoms with van der Waals surface area (Å²) in [6.45, 7) is 0. The summed E-state index contributed by atoms with van der Waals surface area (Å²) in [5.41, 5.74) is 5.76. The standard InChI is InChI=1S/C27H22BrN3/c28-24-16-14-19(15-17-24)22-12-7-13-23(18-22)27-30-25(20-8-3-1-4-9-20)29-26(31-27)21-10-5-2-6-11-21/h1-18,25,27,30H,(H,29,31). The van der Waals surface area contributed by atoms with Crippen LogP contribution in [0.3, 0.4) is 0 Å². The minimum atomic E-state index is -0.155. The Balaban J connectivity index is 1.53. The predicted octanol–water partition coefficient (Wildman–Crippen LogP) is 6.45. The minimum Gasteiger partial charge on any atom is -0.350 e. The quantitative estimate of drug-likeness (QED) is 0.361. The second-order valence-electron chi connectivity index (χ2n) is 7.53. The van der Waals surface area contributed by atoms with Gasteiger partial charge in [-0.15, -0.1) is 0 Å². The Kier molecular flexibility index (Phi) is 5.65. The zero-order valence-electron chi connectivity index (χ0n) is 16.9. The molecule has 0 saturated carbocycles. The number of aliphatic imine (C=N–C) groups is 1. The van der Waals surface area contributed by atoms with Crippen molar-refractivity contribution in [2.24, 2.45) is 4.99 Å². The lowest BCUT2D eigenvalue weighted by molar-refractivity contribution is 0.409. The van der Waals surface area contributed by atoms with E-state index in [1.54, 1.807) is 0 Å². The monoisotopic (exact) mass is 467 g/mol. The number of rotatable bonds is 4. The van der Waals surface area contributed by atoms with Crippen LogP contribution in [0.25, 0.3) is 11.1 Å². The maximum absolute atomic E-state index is 5.03. The van der Waals surface area contributed by atoms with Gasteiger partial charge >= 0.3 is 0 Å². The van der Waals surface area contributed by atoms with Crippen molar-refractivity contribution in [1.29, 1.82) is 0 Å². The molecule has 0 spiro atoms. The number of benzene rings is 4. The van der Waals surface area contributed by atoms with Crippen LogP contribution >= 0.6 is 15.9 Å². The van der Waals surface area contributed by atoms with E-state index < -0.39 is 0 Å². The number of nitrogens with zero attached hydrogens (tertiary/aromatic N) is 1. The molecule has 0 aromatic heterocycles. The Bertz CT molecular complexity index is 1190. The summed E-state index contributed by atoms with van der Waals surface area (Å²) in [6, 6.07) is 37.7. The number of hydrogen-bond donors (Lipinski definition) is 2. The fourth-order valence-electron chi connectivity index (χ4n) is 3.82. The van der Waals surface area contributed by atoms with E-state index in [1.807, 2.05) is 24.3 Å². The smallest absolute Gasteiger partial charge is 0.131 e. The van der Waals surface area contributed by atoms with Gasteiger partial charge in [-0.25, -0.2) is 4.99 Å². The van der Waals surface area contributed by atoms with Crippen molar-refractivity contribution in [3.05, 3.63) is 130 Å².